The molecule has 0 fully saturated rings. The van der Waals surface area contributed by atoms with E-state index in [0.717, 1.165) is 29.8 Å². The lowest BCUT2D eigenvalue weighted by Gasteiger charge is -2.06. The molecule has 2 rings (SSSR count). The van der Waals surface area contributed by atoms with Crippen molar-refractivity contribution in [3.8, 4) is 0 Å². The SMILES string of the molecule is FCCCCn1c(CCl)nc2cc(Cl)ccc21. The van der Waals surface area contributed by atoms with Crippen LogP contribution in [0.1, 0.15) is 18.7 Å². The van der Waals surface area contributed by atoms with E-state index in [1.807, 2.05) is 22.8 Å². The summed E-state index contributed by atoms with van der Waals surface area (Å²) in [5, 5.41) is 0.659. The molecule has 1 heterocycles. The van der Waals surface area contributed by atoms with Crippen LogP contribution in [0.3, 0.4) is 0 Å². The molecular formula is C12H13Cl2FN2. The topological polar surface area (TPSA) is 17.8 Å². The zero-order valence-corrected chi connectivity index (χ0v) is 10.8. The fourth-order valence-electron chi connectivity index (χ4n) is 1.87. The van der Waals surface area contributed by atoms with Crippen molar-refractivity contribution in [3.63, 3.8) is 0 Å². The lowest BCUT2D eigenvalue weighted by molar-refractivity contribution is 0.447. The molecule has 0 aliphatic heterocycles. The van der Waals surface area contributed by atoms with E-state index in [9.17, 15) is 4.39 Å². The third kappa shape index (κ3) is 2.72. The van der Waals surface area contributed by atoms with Gasteiger partial charge in [0.1, 0.15) is 5.82 Å². The number of unbranched alkanes of at least 4 members (excludes halogenated alkanes) is 1. The molecule has 0 aliphatic rings. The number of imidazole rings is 1. The highest BCUT2D eigenvalue weighted by Crippen LogP contribution is 2.22. The van der Waals surface area contributed by atoms with E-state index in [4.69, 9.17) is 23.2 Å². The first kappa shape index (κ1) is 12.7. The highest BCUT2D eigenvalue weighted by Gasteiger charge is 2.09. The third-order valence-corrected chi connectivity index (χ3v) is 3.15. The second kappa shape index (κ2) is 5.69. The summed E-state index contributed by atoms with van der Waals surface area (Å²) in [7, 11) is 0. The maximum atomic E-state index is 12.1. The van der Waals surface area contributed by atoms with Crippen molar-refractivity contribution in [2.75, 3.05) is 6.67 Å². The van der Waals surface area contributed by atoms with Crippen LogP contribution in [0, 0.1) is 0 Å². The molecule has 0 aliphatic carbocycles. The van der Waals surface area contributed by atoms with Gasteiger partial charge in [0, 0.05) is 11.6 Å². The van der Waals surface area contributed by atoms with Crippen molar-refractivity contribution in [2.24, 2.45) is 0 Å². The predicted molar refractivity (Wildman–Crippen MR) is 69.5 cm³/mol. The zero-order valence-electron chi connectivity index (χ0n) is 9.30. The molecule has 92 valence electrons. The molecule has 0 saturated carbocycles. The van der Waals surface area contributed by atoms with Gasteiger partial charge in [0.25, 0.3) is 0 Å². The monoisotopic (exact) mass is 274 g/mol. The van der Waals surface area contributed by atoms with E-state index in [0.29, 0.717) is 17.3 Å². The highest BCUT2D eigenvalue weighted by atomic mass is 35.5. The van der Waals surface area contributed by atoms with Gasteiger partial charge in [0.05, 0.1) is 23.6 Å². The Kier molecular flexibility index (Phi) is 4.24. The van der Waals surface area contributed by atoms with Gasteiger partial charge in [0.2, 0.25) is 0 Å². The van der Waals surface area contributed by atoms with Crippen LogP contribution in [0.4, 0.5) is 4.39 Å². The molecule has 17 heavy (non-hydrogen) atoms. The van der Waals surface area contributed by atoms with Gasteiger partial charge in [-0.05, 0) is 31.0 Å². The van der Waals surface area contributed by atoms with E-state index in [1.54, 1.807) is 0 Å². The van der Waals surface area contributed by atoms with Crippen LogP contribution < -0.4 is 0 Å². The molecule has 0 amide bonds. The fourth-order valence-corrected chi connectivity index (χ4v) is 2.24. The average molecular weight is 275 g/mol. The standard InChI is InChI=1S/C12H13Cl2FN2/c13-8-12-16-10-7-9(14)3-4-11(10)17(12)6-2-1-5-15/h3-4,7H,1-2,5-6,8H2. The van der Waals surface area contributed by atoms with Crippen molar-refractivity contribution in [1.82, 2.24) is 9.55 Å². The molecule has 1 aromatic carbocycles. The van der Waals surface area contributed by atoms with Gasteiger partial charge >= 0.3 is 0 Å². The molecule has 1 aromatic heterocycles. The summed E-state index contributed by atoms with van der Waals surface area (Å²) in [6.07, 6.45) is 1.35. The molecule has 0 N–H and O–H groups in total. The number of aromatic nitrogens is 2. The smallest absolute Gasteiger partial charge is 0.124 e. The van der Waals surface area contributed by atoms with E-state index in [2.05, 4.69) is 4.98 Å². The molecule has 2 aromatic rings. The molecule has 0 atom stereocenters. The first-order chi connectivity index (χ1) is 8.26. The number of alkyl halides is 2. The summed E-state index contributed by atoms with van der Waals surface area (Å²) in [6.45, 7) is 0.457. The summed E-state index contributed by atoms with van der Waals surface area (Å²) in [6, 6.07) is 5.57. The lowest BCUT2D eigenvalue weighted by Crippen LogP contribution is -2.02. The summed E-state index contributed by atoms with van der Waals surface area (Å²) in [5.74, 6) is 1.16. The van der Waals surface area contributed by atoms with Crippen LogP contribution in [-0.4, -0.2) is 16.2 Å². The Bertz CT molecular complexity index is 510. The molecule has 0 radical (unpaired) electrons. The van der Waals surface area contributed by atoms with Gasteiger partial charge in [-0.3, -0.25) is 4.39 Å². The predicted octanol–water partition coefficient (Wildman–Crippen LogP) is 4.18. The van der Waals surface area contributed by atoms with E-state index < -0.39 is 0 Å². The van der Waals surface area contributed by atoms with Gasteiger partial charge in [0.15, 0.2) is 0 Å². The van der Waals surface area contributed by atoms with E-state index >= 15 is 0 Å². The number of benzene rings is 1. The number of aryl methyl sites for hydroxylation is 1. The quantitative estimate of drug-likeness (QED) is 0.591. The minimum absolute atomic E-state index is 0.283. The fraction of sp³-hybridized carbons (Fsp3) is 0.417. The van der Waals surface area contributed by atoms with Crippen LogP contribution in [0.2, 0.25) is 5.02 Å². The number of hydrogen-bond acceptors (Lipinski definition) is 1. The maximum Gasteiger partial charge on any atom is 0.124 e. The van der Waals surface area contributed by atoms with Crippen molar-refractivity contribution in [3.05, 3.63) is 29.0 Å². The Balaban J connectivity index is 2.36. The second-order valence-corrected chi connectivity index (χ2v) is 4.55. The van der Waals surface area contributed by atoms with Gasteiger partial charge < -0.3 is 4.57 Å². The van der Waals surface area contributed by atoms with Crippen LogP contribution in [0.15, 0.2) is 18.2 Å². The Morgan fingerprint density at radius 3 is 2.82 bits per heavy atom. The summed E-state index contributed by atoms with van der Waals surface area (Å²) >= 11 is 11.8. The number of hydrogen-bond donors (Lipinski definition) is 0. The zero-order chi connectivity index (χ0) is 12.3. The van der Waals surface area contributed by atoms with Crippen molar-refractivity contribution in [2.45, 2.75) is 25.3 Å². The summed E-state index contributed by atoms with van der Waals surface area (Å²) in [4.78, 5) is 4.42. The van der Waals surface area contributed by atoms with Crippen LogP contribution in [0.25, 0.3) is 11.0 Å². The van der Waals surface area contributed by atoms with Crippen LogP contribution in [0.5, 0.6) is 0 Å². The molecule has 5 heteroatoms. The van der Waals surface area contributed by atoms with E-state index in [-0.39, 0.29) is 6.67 Å². The summed E-state index contributed by atoms with van der Waals surface area (Å²) < 4.78 is 14.1. The largest absolute Gasteiger partial charge is 0.327 e. The number of fused-ring (bicyclic) bond motifs is 1. The van der Waals surface area contributed by atoms with Gasteiger partial charge in [-0.25, -0.2) is 4.98 Å². The number of nitrogens with zero attached hydrogens (tertiary/aromatic N) is 2. The van der Waals surface area contributed by atoms with Gasteiger partial charge in [-0.1, -0.05) is 11.6 Å². The van der Waals surface area contributed by atoms with Crippen molar-refractivity contribution in [1.29, 1.82) is 0 Å². The van der Waals surface area contributed by atoms with Crippen LogP contribution in [-0.2, 0) is 12.4 Å². The highest BCUT2D eigenvalue weighted by molar-refractivity contribution is 6.31. The van der Waals surface area contributed by atoms with E-state index in [1.165, 1.54) is 0 Å². The summed E-state index contributed by atoms with van der Waals surface area (Å²) in [5.41, 5.74) is 1.84. The minimum Gasteiger partial charge on any atom is -0.327 e. The first-order valence-corrected chi connectivity index (χ1v) is 6.44. The normalized spacial score (nSPS) is 11.2. The molecule has 0 bridgehead atoms. The molecule has 0 spiro atoms. The first-order valence-electron chi connectivity index (χ1n) is 5.53. The molecule has 0 saturated heterocycles. The Labute approximate surface area is 109 Å². The third-order valence-electron chi connectivity index (χ3n) is 2.67. The molecule has 2 nitrogen and oxygen atoms in total. The maximum absolute atomic E-state index is 12.1. The second-order valence-electron chi connectivity index (χ2n) is 3.84. The molecule has 0 unspecified atom stereocenters. The molecular weight excluding hydrogens is 262 g/mol. The van der Waals surface area contributed by atoms with Crippen molar-refractivity contribution >= 4 is 34.2 Å². The average Bonchev–Trinajstić information content (AvgIpc) is 2.67. The number of halogens is 3. The van der Waals surface area contributed by atoms with Crippen LogP contribution >= 0.6 is 23.2 Å². The Hall–Kier alpha value is -0.800. The lowest BCUT2D eigenvalue weighted by atomic mass is 10.3. The van der Waals surface area contributed by atoms with Gasteiger partial charge in [-0.15, -0.1) is 11.6 Å². The Morgan fingerprint density at radius 1 is 1.29 bits per heavy atom. The van der Waals surface area contributed by atoms with Gasteiger partial charge in [-0.2, -0.15) is 0 Å². The minimum atomic E-state index is -0.283. The number of rotatable bonds is 5. The van der Waals surface area contributed by atoms with Crippen molar-refractivity contribution < 1.29 is 4.39 Å². The Morgan fingerprint density at radius 2 is 2.12 bits per heavy atom.